The van der Waals surface area contributed by atoms with E-state index in [-0.39, 0.29) is 5.92 Å². The highest BCUT2D eigenvalue weighted by Gasteiger charge is 2.28. The van der Waals surface area contributed by atoms with Gasteiger partial charge in [0.15, 0.2) is 5.65 Å². The Hall–Kier alpha value is -3.09. The van der Waals surface area contributed by atoms with Crippen molar-refractivity contribution in [2.45, 2.75) is 39.0 Å². The van der Waals surface area contributed by atoms with Crippen molar-refractivity contribution in [1.29, 1.82) is 10.5 Å². The van der Waals surface area contributed by atoms with Gasteiger partial charge in [0.1, 0.15) is 11.9 Å². The molecule has 0 aliphatic carbocycles. The molecule has 0 amide bonds. The number of hydrogen-bond acceptors (Lipinski definition) is 5. The number of ether oxygens (including phenoxy) is 1. The maximum absolute atomic E-state index is 10.2. The average molecular weight is 414 g/mol. The van der Waals surface area contributed by atoms with E-state index < -0.39 is 0 Å². The van der Waals surface area contributed by atoms with Crippen LogP contribution in [-0.4, -0.2) is 35.7 Å². The Morgan fingerprint density at radius 1 is 1.10 bits per heavy atom. The summed E-state index contributed by atoms with van der Waals surface area (Å²) in [7, 11) is 0. The number of pyridine rings is 1. The summed E-state index contributed by atoms with van der Waals surface area (Å²) in [4.78, 5) is 7.31. The number of nitriles is 2. The van der Waals surface area contributed by atoms with Gasteiger partial charge in [0.25, 0.3) is 0 Å². The van der Waals surface area contributed by atoms with Crippen LogP contribution in [0.15, 0.2) is 24.3 Å². The van der Waals surface area contributed by atoms with Crippen LogP contribution in [0, 0.1) is 41.4 Å². The number of piperidine rings is 1. The van der Waals surface area contributed by atoms with Crippen molar-refractivity contribution in [2.24, 2.45) is 11.8 Å². The predicted octanol–water partition coefficient (Wildman–Crippen LogP) is 4.38. The van der Waals surface area contributed by atoms with Crippen LogP contribution < -0.4 is 4.90 Å². The van der Waals surface area contributed by atoms with Gasteiger partial charge in [-0.2, -0.15) is 10.5 Å². The Balaban J connectivity index is 1.72. The Labute approximate surface area is 182 Å². The highest BCUT2D eigenvalue weighted by atomic mass is 16.5. The Morgan fingerprint density at radius 2 is 1.84 bits per heavy atom. The van der Waals surface area contributed by atoms with Gasteiger partial charge in [0.2, 0.25) is 0 Å². The second-order valence-corrected chi connectivity index (χ2v) is 8.82. The molecule has 0 spiro atoms. The first kappa shape index (κ1) is 19.8. The van der Waals surface area contributed by atoms with Gasteiger partial charge < -0.3 is 9.64 Å². The fraction of sp³-hybridized carbons (Fsp3) is 0.480. The second-order valence-electron chi connectivity index (χ2n) is 8.82. The first-order chi connectivity index (χ1) is 15.2. The molecule has 31 heavy (non-hydrogen) atoms. The minimum absolute atomic E-state index is 0.131. The van der Waals surface area contributed by atoms with E-state index in [1.54, 1.807) is 0 Å². The molecule has 0 atom stereocenters. The molecule has 0 bridgehead atoms. The van der Waals surface area contributed by atoms with Crippen molar-refractivity contribution in [2.75, 3.05) is 31.2 Å². The minimum atomic E-state index is 0.131. The number of hydrogen-bond donors (Lipinski definition) is 0. The summed E-state index contributed by atoms with van der Waals surface area (Å²) in [6.07, 6.45) is 4.71. The molecule has 0 radical (unpaired) electrons. The molecule has 5 rings (SSSR count). The zero-order valence-corrected chi connectivity index (χ0v) is 18.0. The predicted molar refractivity (Wildman–Crippen MR) is 120 cm³/mol. The molecule has 3 aromatic rings. The lowest BCUT2D eigenvalue weighted by Gasteiger charge is -2.34. The molecule has 2 aromatic heterocycles. The fourth-order valence-corrected chi connectivity index (χ4v) is 5.24. The quantitative estimate of drug-likeness (QED) is 0.637. The summed E-state index contributed by atoms with van der Waals surface area (Å²) in [5.41, 5.74) is 5.72. The number of fused-ring (bicyclic) bond motifs is 3. The molecule has 4 heterocycles. The van der Waals surface area contributed by atoms with E-state index in [1.807, 2.05) is 18.2 Å². The molecule has 0 saturated carbocycles. The van der Waals surface area contributed by atoms with Gasteiger partial charge in [-0.15, -0.1) is 0 Å². The molecule has 2 saturated heterocycles. The normalized spacial score (nSPS) is 18.4. The molecule has 6 nitrogen and oxygen atoms in total. The molecular formula is C25H27N5O. The summed E-state index contributed by atoms with van der Waals surface area (Å²) in [6.45, 7) is 5.47. The van der Waals surface area contributed by atoms with Crippen LogP contribution in [0.5, 0.6) is 0 Å². The van der Waals surface area contributed by atoms with Gasteiger partial charge in [-0.25, -0.2) is 4.98 Å². The molecular weight excluding hydrogens is 386 g/mol. The largest absolute Gasteiger partial charge is 0.381 e. The molecule has 0 unspecified atom stereocenters. The Morgan fingerprint density at radius 3 is 2.55 bits per heavy atom. The number of nitrogens with zero attached hydrogens (tertiary/aromatic N) is 5. The Kier molecular flexibility index (Phi) is 5.26. The van der Waals surface area contributed by atoms with E-state index in [0.29, 0.717) is 11.5 Å². The van der Waals surface area contributed by atoms with Gasteiger partial charge in [0, 0.05) is 32.2 Å². The molecule has 2 aliphatic rings. The summed E-state index contributed by atoms with van der Waals surface area (Å²) >= 11 is 0. The number of anilines is 1. The molecule has 0 N–H and O–H groups in total. The van der Waals surface area contributed by atoms with Crippen LogP contribution in [-0.2, 0) is 11.2 Å². The van der Waals surface area contributed by atoms with Crippen LogP contribution in [0.1, 0.15) is 42.4 Å². The second kappa shape index (κ2) is 8.21. The number of rotatable bonds is 3. The first-order valence-electron chi connectivity index (χ1n) is 11.3. The van der Waals surface area contributed by atoms with Crippen molar-refractivity contribution in [3.05, 3.63) is 41.0 Å². The van der Waals surface area contributed by atoms with Gasteiger partial charge in [-0.3, -0.25) is 4.40 Å². The molecule has 6 heteroatoms. The maximum Gasteiger partial charge on any atom is 0.157 e. The van der Waals surface area contributed by atoms with Crippen LogP contribution in [0.3, 0.4) is 0 Å². The minimum Gasteiger partial charge on any atom is -0.381 e. The van der Waals surface area contributed by atoms with Crippen LogP contribution in [0.4, 0.5) is 5.82 Å². The third-order valence-corrected chi connectivity index (χ3v) is 7.01. The summed E-state index contributed by atoms with van der Waals surface area (Å²) < 4.78 is 7.74. The van der Waals surface area contributed by atoms with E-state index in [0.717, 1.165) is 86.5 Å². The number of para-hydroxylation sites is 2. The Bertz CT molecular complexity index is 1200. The van der Waals surface area contributed by atoms with Crippen molar-refractivity contribution < 1.29 is 4.74 Å². The molecule has 2 aliphatic heterocycles. The van der Waals surface area contributed by atoms with Crippen molar-refractivity contribution in [1.82, 2.24) is 9.38 Å². The third-order valence-electron chi connectivity index (χ3n) is 7.01. The monoisotopic (exact) mass is 413 g/mol. The third kappa shape index (κ3) is 3.42. The van der Waals surface area contributed by atoms with E-state index in [2.05, 4.69) is 34.4 Å². The molecule has 158 valence electrons. The summed E-state index contributed by atoms with van der Waals surface area (Å²) in [5, 5.41) is 19.5. The lowest BCUT2D eigenvalue weighted by molar-refractivity contribution is 0.0665. The maximum atomic E-state index is 10.2. The molecule has 2 fully saturated rings. The fourth-order valence-electron chi connectivity index (χ4n) is 5.24. The topological polar surface area (TPSA) is 77.3 Å². The molecule has 1 aromatic carbocycles. The number of benzene rings is 1. The van der Waals surface area contributed by atoms with Gasteiger partial charge in [-0.1, -0.05) is 12.1 Å². The van der Waals surface area contributed by atoms with Crippen LogP contribution in [0.2, 0.25) is 0 Å². The van der Waals surface area contributed by atoms with Gasteiger partial charge >= 0.3 is 0 Å². The number of aromatic nitrogens is 2. The first-order valence-corrected chi connectivity index (χ1v) is 11.3. The highest BCUT2D eigenvalue weighted by Crippen LogP contribution is 2.36. The SMILES string of the molecule is Cc1c(CC2CCOCC2)c(C#N)c2nc3ccccc3n2c1N1CCC(C#N)CC1. The summed E-state index contributed by atoms with van der Waals surface area (Å²) in [5.74, 6) is 1.80. The smallest absolute Gasteiger partial charge is 0.157 e. The van der Waals surface area contributed by atoms with E-state index in [1.165, 1.54) is 5.56 Å². The van der Waals surface area contributed by atoms with Gasteiger partial charge in [0.05, 0.1) is 22.7 Å². The van der Waals surface area contributed by atoms with E-state index in [4.69, 9.17) is 9.72 Å². The zero-order valence-electron chi connectivity index (χ0n) is 18.0. The van der Waals surface area contributed by atoms with E-state index in [9.17, 15) is 10.5 Å². The van der Waals surface area contributed by atoms with Crippen molar-refractivity contribution in [3.63, 3.8) is 0 Å². The highest BCUT2D eigenvalue weighted by molar-refractivity contribution is 5.86. The van der Waals surface area contributed by atoms with Crippen LogP contribution in [0.25, 0.3) is 16.7 Å². The lowest BCUT2D eigenvalue weighted by atomic mass is 9.88. The van der Waals surface area contributed by atoms with Crippen molar-refractivity contribution in [3.8, 4) is 12.1 Å². The number of imidazole rings is 1. The summed E-state index contributed by atoms with van der Waals surface area (Å²) in [6, 6.07) is 13.1. The van der Waals surface area contributed by atoms with Crippen molar-refractivity contribution >= 4 is 22.5 Å². The van der Waals surface area contributed by atoms with Crippen LogP contribution >= 0.6 is 0 Å². The van der Waals surface area contributed by atoms with E-state index >= 15 is 0 Å². The lowest BCUT2D eigenvalue weighted by Crippen LogP contribution is -2.35. The van der Waals surface area contributed by atoms with Gasteiger partial charge in [-0.05, 0) is 68.2 Å². The average Bonchev–Trinajstić information content (AvgIpc) is 3.19. The standard InChI is InChI=1S/C25H27N5O/c1-17-20(14-18-8-12-31-13-9-18)21(16-27)24-28-22-4-2-3-5-23(22)30(24)25(17)29-10-6-19(15-26)7-11-29/h2-5,18-19H,6-14H2,1H3. The zero-order chi connectivity index (χ0) is 21.4.